The fraction of sp³-hybridized carbons (Fsp3) is 0.250. The van der Waals surface area contributed by atoms with Gasteiger partial charge in [-0.3, -0.25) is 18.7 Å². The number of hydrogen-bond acceptors (Lipinski definition) is 6. The van der Waals surface area contributed by atoms with Crippen LogP contribution in [0.4, 0.5) is 17.2 Å². The highest BCUT2D eigenvalue weighted by atomic mass is 16.5. The van der Waals surface area contributed by atoms with Crippen LogP contribution >= 0.6 is 0 Å². The topological polar surface area (TPSA) is 118 Å². The largest absolute Gasteiger partial charge is 0.479 e. The summed E-state index contributed by atoms with van der Waals surface area (Å²) in [6.07, 6.45) is -0.588. The first-order valence-corrected chi connectivity index (χ1v) is 7.42. The van der Waals surface area contributed by atoms with Gasteiger partial charge in [-0.25, -0.2) is 4.79 Å². The summed E-state index contributed by atoms with van der Waals surface area (Å²) in [4.78, 5) is 35.9. The van der Waals surface area contributed by atoms with E-state index in [-0.39, 0.29) is 17.3 Å². The molecule has 2 heterocycles. The molecule has 0 spiro atoms. The summed E-state index contributed by atoms with van der Waals surface area (Å²) in [5.74, 6) is 0.311. The number of carbonyl (C=O) groups excluding carboxylic acids is 1. The van der Waals surface area contributed by atoms with Crippen LogP contribution in [0, 0.1) is 11.3 Å². The molecule has 2 N–H and O–H groups in total. The maximum Gasteiger partial charge on any atom is 0.332 e. The van der Waals surface area contributed by atoms with Gasteiger partial charge in [-0.2, -0.15) is 5.26 Å². The predicted octanol–water partition coefficient (Wildman–Crippen LogP) is 0.419. The van der Waals surface area contributed by atoms with Gasteiger partial charge < -0.3 is 15.4 Å². The lowest BCUT2D eigenvalue weighted by Gasteiger charge is -2.24. The Labute approximate surface area is 142 Å². The second kappa shape index (κ2) is 5.83. The summed E-state index contributed by atoms with van der Waals surface area (Å²) in [7, 11) is 2.76. The van der Waals surface area contributed by atoms with Crippen LogP contribution in [0.15, 0.2) is 27.8 Å². The minimum atomic E-state index is -0.684. The van der Waals surface area contributed by atoms with E-state index in [4.69, 9.17) is 4.74 Å². The molecule has 1 aliphatic rings. The van der Waals surface area contributed by atoms with Gasteiger partial charge in [0.15, 0.2) is 11.7 Å². The maximum absolute atomic E-state index is 12.1. The second-order valence-electron chi connectivity index (χ2n) is 5.63. The quantitative estimate of drug-likeness (QED) is 0.817. The van der Waals surface area contributed by atoms with Gasteiger partial charge in [0.25, 0.3) is 11.5 Å². The minimum absolute atomic E-state index is 0.0759. The van der Waals surface area contributed by atoms with Crippen LogP contribution in [-0.4, -0.2) is 21.1 Å². The Kier molecular flexibility index (Phi) is 3.81. The first kappa shape index (κ1) is 16.3. The van der Waals surface area contributed by atoms with Crippen LogP contribution in [0.5, 0.6) is 5.75 Å². The first-order valence-electron chi connectivity index (χ1n) is 7.42. The van der Waals surface area contributed by atoms with Crippen molar-refractivity contribution in [1.29, 1.82) is 5.26 Å². The van der Waals surface area contributed by atoms with E-state index in [1.165, 1.54) is 18.7 Å². The van der Waals surface area contributed by atoms with Gasteiger partial charge in [0.2, 0.25) is 0 Å². The number of nitrogens with zero attached hydrogens (tertiary/aromatic N) is 3. The molecule has 0 radical (unpaired) electrons. The number of carbonyl (C=O) groups is 1. The number of nitrogens with one attached hydrogen (secondary N) is 2. The van der Waals surface area contributed by atoms with Crippen molar-refractivity contribution in [3.63, 3.8) is 0 Å². The van der Waals surface area contributed by atoms with Crippen LogP contribution in [0.2, 0.25) is 0 Å². The highest BCUT2D eigenvalue weighted by Crippen LogP contribution is 2.33. The Balaban J connectivity index is 2.07. The molecular weight excluding hydrogens is 326 g/mol. The average Bonchev–Trinajstić information content (AvgIpc) is 2.59. The number of ether oxygens (including phenoxy) is 1. The third-order valence-electron chi connectivity index (χ3n) is 3.95. The van der Waals surface area contributed by atoms with Crippen molar-refractivity contribution in [3.05, 3.63) is 44.6 Å². The van der Waals surface area contributed by atoms with Gasteiger partial charge in [-0.05, 0) is 25.1 Å². The van der Waals surface area contributed by atoms with E-state index in [1.807, 2.05) is 6.07 Å². The number of nitriles is 1. The van der Waals surface area contributed by atoms with Crippen molar-refractivity contribution in [2.24, 2.45) is 14.1 Å². The number of amides is 1. The van der Waals surface area contributed by atoms with E-state index < -0.39 is 17.4 Å². The Hall–Kier alpha value is -3.54. The van der Waals surface area contributed by atoms with E-state index in [0.717, 1.165) is 4.57 Å². The zero-order valence-electron chi connectivity index (χ0n) is 13.8. The number of fused-ring (bicyclic) bond motifs is 1. The third-order valence-corrected chi connectivity index (χ3v) is 3.95. The van der Waals surface area contributed by atoms with Gasteiger partial charge in [0.1, 0.15) is 17.6 Å². The average molecular weight is 341 g/mol. The van der Waals surface area contributed by atoms with E-state index in [2.05, 4.69) is 10.6 Å². The number of aromatic nitrogens is 2. The monoisotopic (exact) mass is 341 g/mol. The van der Waals surface area contributed by atoms with E-state index in [0.29, 0.717) is 17.1 Å². The van der Waals surface area contributed by atoms with Crippen molar-refractivity contribution in [2.45, 2.75) is 13.0 Å². The van der Waals surface area contributed by atoms with Gasteiger partial charge in [0.05, 0.1) is 5.69 Å². The molecular formula is C16H15N5O4. The first-order chi connectivity index (χ1) is 11.8. The molecule has 0 unspecified atom stereocenters. The second-order valence-corrected chi connectivity index (χ2v) is 5.63. The number of benzene rings is 1. The van der Waals surface area contributed by atoms with Crippen molar-refractivity contribution < 1.29 is 9.53 Å². The minimum Gasteiger partial charge on any atom is -0.479 e. The molecule has 3 rings (SSSR count). The summed E-state index contributed by atoms with van der Waals surface area (Å²) in [5.41, 5.74) is -0.486. The van der Waals surface area contributed by atoms with Crippen LogP contribution < -0.4 is 26.6 Å². The molecule has 25 heavy (non-hydrogen) atoms. The molecule has 2 aromatic rings. The Morgan fingerprint density at radius 3 is 2.64 bits per heavy atom. The lowest BCUT2D eigenvalue weighted by atomic mass is 10.2. The smallest absolute Gasteiger partial charge is 0.332 e. The molecule has 0 bridgehead atoms. The molecule has 9 nitrogen and oxygen atoms in total. The molecule has 0 fully saturated rings. The molecule has 0 aliphatic carbocycles. The zero-order valence-corrected chi connectivity index (χ0v) is 13.8. The van der Waals surface area contributed by atoms with Crippen LogP contribution in [0.1, 0.15) is 12.5 Å². The molecule has 1 atom stereocenters. The lowest BCUT2D eigenvalue weighted by molar-refractivity contribution is -0.122. The van der Waals surface area contributed by atoms with Crippen LogP contribution in [0.25, 0.3) is 0 Å². The molecule has 1 amide bonds. The molecule has 0 saturated carbocycles. The van der Waals surface area contributed by atoms with Crippen LogP contribution in [-0.2, 0) is 18.9 Å². The third kappa shape index (κ3) is 2.63. The van der Waals surface area contributed by atoms with Gasteiger partial charge in [0, 0.05) is 19.8 Å². The summed E-state index contributed by atoms with van der Waals surface area (Å²) >= 11 is 0. The molecule has 128 valence electrons. The maximum atomic E-state index is 12.1. The highest BCUT2D eigenvalue weighted by molar-refractivity contribution is 5.98. The van der Waals surface area contributed by atoms with Crippen LogP contribution in [0.3, 0.4) is 0 Å². The number of rotatable bonds is 2. The standard InChI is InChI=1S/C16H15N5O4/c1-8-14(22)19-11-6-9(4-5-12(11)25-8)18-13-10(7-17)15(23)21(3)16(24)20(13)2/h4-6,8,18H,1-3H3,(H,19,22)/t8-/m1/s1. The fourth-order valence-electron chi connectivity index (χ4n) is 2.51. The number of hydrogen-bond donors (Lipinski definition) is 2. The summed E-state index contributed by atoms with van der Waals surface area (Å²) in [6, 6.07) is 6.73. The summed E-state index contributed by atoms with van der Waals surface area (Å²) in [5, 5.41) is 14.9. The highest BCUT2D eigenvalue weighted by Gasteiger charge is 2.24. The van der Waals surface area contributed by atoms with E-state index in [1.54, 1.807) is 25.1 Å². The summed E-state index contributed by atoms with van der Waals surface area (Å²) < 4.78 is 7.52. The predicted molar refractivity (Wildman–Crippen MR) is 90.1 cm³/mol. The molecule has 1 aliphatic heterocycles. The van der Waals surface area contributed by atoms with Gasteiger partial charge >= 0.3 is 5.69 Å². The molecule has 0 saturated heterocycles. The number of anilines is 3. The normalized spacial score (nSPS) is 15.6. The van der Waals surface area contributed by atoms with E-state index >= 15 is 0 Å². The van der Waals surface area contributed by atoms with Crippen molar-refractivity contribution in [3.8, 4) is 11.8 Å². The zero-order chi connectivity index (χ0) is 18.3. The molecule has 1 aromatic heterocycles. The summed E-state index contributed by atoms with van der Waals surface area (Å²) in [6.45, 7) is 1.64. The van der Waals surface area contributed by atoms with Crippen molar-refractivity contribution >= 4 is 23.1 Å². The van der Waals surface area contributed by atoms with E-state index in [9.17, 15) is 19.6 Å². The SMILES string of the molecule is C[C@H]1Oc2ccc(Nc3c(C#N)c(=O)n(C)c(=O)n3C)cc2NC1=O. The molecule has 9 heteroatoms. The Morgan fingerprint density at radius 1 is 1.24 bits per heavy atom. The Bertz CT molecular complexity index is 1040. The van der Waals surface area contributed by atoms with Crippen molar-refractivity contribution in [2.75, 3.05) is 10.6 Å². The van der Waals surface area contributed by atoms with Crippen molar-refractivity contribution in [1.82, 2.24) is 9.13 Å². The van der Waals surface area contributed by atoms with Gasteiger partial charge in [-0.1, -0.05) is 0 Å². The molecule has 1 aromatic carbocycles. The fourth-order valence-corrected chi connectivity index (χ4v) is 2.51. The lowest BCUT2D eigenvalue weighted by Crippen LogP contribution is -2.39. The Morgan fingerprint density at radius 2 is 1.96 bits per heavy atom. The van der Waals surface area contributed by atoms with Gasteiger partial charge in [-0.15, -0.1) is 0 Å².